The lowest BCUT2D eigenvalue weighted by Gasteiger charge is -2.32. The summed E-state index contributed by atoms with van der Waals surface area (Å²) in [6, 6.07) is 9.27. The van der Waals surface area contributed by atoms with Gasteiger partial charge in [-0.3, -0.25) is 4.79 Å². The van der Waals surface area contributed by atoms with Crippen molar-refractivity contribution in [3.8, 4) is 0 Å². The number of carbonyl (C=O) groups excluding carboxylic acids is 1. The van der Waals surface area contributed by atoms with E-state index in [0.29, 0.717) is 24.3 Å². The van der Waals surface area contributed by atoms with Crippen LogP contribution < -0.4 is 5.32 Å². The normalized spacial score (nSPS) is 17.8. The molecule has 1 aliphatic heterocycles. The van der Waals surface area contributed by atoms with Crippen LogP contribution in [0.25, 0.3) is 0 Å². The summed E-state index contributed by atoms with van der Waals surface area (Å²) in [5.41, 5.74) is 2.62. The van der Waals surface area contributed by atoms with E-state index in [1.807, 2.05) is 11.9 Å². The van der Waals surface area contributed by atoms with Crippen molar-refractivity contribution in [2.75, 3.05) is 20.1 Å². The van der Waals surface area contributed by atoms with Crippen LogP contribution in [0.15, 0.2) is 24.3 Å². The van der Waals surface area contributed by atoms with Gasteiger partial charge in [0.15, 0.2) is 0 Å². The molecule has 0 aromatic heterocycles. The molecule has 0 aliphatic carbocycles. The van der Waals surface area contributed by atoms with Crippen LogP contribution in [0.3, 0.4) is 0 Å². The van der Waals surface area contributed by atoms with Gasteiger partial charge in [-0.05, 0) is 43.4 Å². The molecule has 0 spiro atoms. The molecule has 1 aliphatic rings. The number of nitrogens with zero attached hydrogens (tertiary/aromatic N) is 1. The Hall–Kier alpha value is -1.35. The highest BCUT2D eigenvalue weighted by molar-refractivity contribution is 5.77. The van der Waals surface area contributed by atoms with Gasteiger partial charge in [0.25, 0.3) is 0 Å². The molecule has 1 saturated heterocycles. The minimum Gasteiger partial charge on any atom is -0.343 e. The summed E-state index contributed by atoms with van der Waals surface area (Å²) in [4.78, 5) is 14.4. The highest BCUT2D eigenvalue weighted by Gasteiger charge is 2.23. The Morgan fingerprint density at radius 2 is 1.90 bits per heavy atom. The van der Waals surface area contributed by atoms with E-state index in [-0.39, 0.29) is 0 Å². The van der Waals surface area contributed by atoms with E-state index in [1.165, 1.54) is 11.1 Å². The fraction of sp³-hybridized carbons (Fsp3) is 0.611. The third-order valence-corrected chi connectivity index (χ3v) is 4.69. The Morgan fingerprint density at radius 3 is 2.43 bits per heavy atom. The number of carbonyl (C=O) groups is 1. The van der Waals surface area contributed by atoms with Gasteiger partial charge >= 0.3 is 0 Å². The van der Waals surface area contributed by atoms with Gasteiger partial charge in [-0.15, -0.1) is 0 Å². The molecule has 1 atom stereocenters. The summed E-state index contributed by atoms with van der Waals surface area (Å²) in [6.07, 6.45) is 3.83. The molecule has 1 N–H and O–H groups in total. The summed E-state index contributed by atoms with van der Waals surface area (Å²) in [5, 5.41) is 3.30. The van der Waals surface area contributed by atoms with Gasteiger partial charge in [-0.25, -0.2) is 0 Å². The summed E-state index contributed by atoms with van der Waals surface area (Å²) < 4.78 is 0. The van der Waals surface area contributed by atoms with Crippen molar-refractivity contribution >= 4 is 5.91 Å². The second-order valence-corrected chi connectivity index (χ2v) is 6.14. The van der Waals surface area contributed by atoms with E-state index >= 15 is 0 Å². The Bertz CT molecular complexity index is 447. The van der Waals surface area contributed by atoms with E-state index in [4.69, 9.17) is 0 Å². The van der Waals surface area contributed by atoms with Crippen LogP contribution in [0.5, 0.6) is 0 Å². The van der Waals surface area contributed by atoms with Crippen LogP contribution in [-0.2, 0) is 11.2 Å². The minimum atomic E-state index is 0.297. The van der Waals surface area contributed by atoms with Crippen molar-refractivity contribution in [3.05, 3.63) is 35.4 Å². The molecular weight excluding hydrogens is 260 g/mol. The van der Waals surface area contributed by atoms with E-state index < -0.39 is 0 Å². The second kappa shape index (κ2) is 7.60. The molecule has 2 rings (SSSR count). The molecule has 1 aromatic rings. The largest absolute Gasteiger partial charge is 0.343 e. The summed E-state index contributed by atoms with van der Waals surface area (Å²) in [6.45, 7) is 6.10. The van der Waals surface area contributed by atoms with E-state index in [1.54, 1.807) is 0 Å². The monoisotopic (exact) mass is 288 g/mol. The summed E-state index contributed by atoms with van der Waals surface area (Å²) >= 11 is 0. The predicted octanol–water partition coefficient (Wildman–Crippen LogP) is 2.95. The highest BCUT2D eigenvalue weighted by atomic mass is 16.2. The van der Waals surface area contributed by atoms with Gasteiger partial charge in [0.1, 0.15) is 0 Å². The van der Waals surface area contributed by atoms with Gasteiger partial charge in [0.2, 0.25) is 5.91 Å². The summed E-state index contributed by atoms with van der Waals surface area (Å²) in [7, 11) is 2.00. The zero-order valence-corrected chi connectivity index (χ0v) is 13.6. The lowest BCUT2D eigenvalue weighted by atomic mass is 9.95. The van der Waals surface area contributed by atoms with Crippen molar-refractivity contribution in [2.45, 2.75) is 51.5 Å². The molecule has 0 radical (unpaired) electrons. The number of aryl methyl sites for hydroxylation is 1. The Kier molecular flexibility index (Phi) is 5.80. The number of hydrogen-bond donors (Lipinski definition) is 1. The van der Waals surface area contributed by atoms with Crippen molar-refractivity contribution in [3.63, 3.8) is 0 Å². The maximum absolute atomic E-state index is 12.4. The third-order valence-electron chi connectivity index (χ3n) is 4.69. The topological polar surface area (TPSA) is 32.3 Å². The zero-order valence-electron chi connectivity index (χ0n) is 13.6. The van der Waals surface area contributed by atoms with Crippen LogP contribution in [0.4, 0.5) is 0 Å². The van der Waals surface area contributed by atoms with E-state index in [9.17, 15) is 4.79 Å². The first kappa shape index (κ1) is 16.0. The predicted molar refractivity (Wildman–Crippen MR) is 87.5 cm³/mol. The van der Waals surface area contributed by atoms with E-state index in [2.05, 4.69) is 43.4 Å². The maximum atomic E-state index is 12.4. The molecule has 3 nitrogen and oxygen atoms in total. The Labute approximate surface area is 128 Å². The highest BCUT2D eigenvalue weighted by Crippen LogP contribution is 2.22. The van der Waals surface area contributed by atoms with Crippen molar-refractivity contribution in [1.29, 1.82) is 0 Å². The smallest absolute Gasteiger partial charge is 0.223 e. The number of benzene rings is 1. The summed E-state index contributed by atoms with van der Waals surface area (Å²) in [5.74, 6) is 0.599. The first-order chi connectivity index (χ1) is 10.1. The molecule has 21 heavy (non-hydrogen) atoms. The molecular formula is C18H28N2O. The standard InChI is InChI=1S/C18H28N2O/c1-4-15-5-7-16(8-6-15)14(2)13-18(21)20-11-9-17(19-3)10-12-20/h5-8,14,17,19H,4,9-13H2,1-3H3. The first-order valence-corrected chi connectivity index (χ1v) is 8.18. The average Bonchev–Trinajstić information content (AvgIpc) is 2.55. The van der Waals surface area contributed by atoms with Gasteiger partial charge in [-0.2, -0.15) is 0 Å². The van der Waals surface area contributed by atoms with Gasteiger partial charge in [-0.1, -0.05) is 38.1 Å². The van der Waals surface area contributed by atoms with Crippen molar-refractivity contribution in [2.24, 2.45) is 0 Å². The molecule has 1 heterocycles. The fourth-order valence-electron chi connectivity index (χ4n) is 3.01. The van der Waals surface area contributed by atoms with Crippen LogP contribution in [0, 0.1) is 0 Å². The zero-order chi connectivity index (χ0) is 15.2. The molecule has 0 bridgehead atoms. The number of nitrogens with one attached hydrogen (secondary N) is 1. The van der Waals surface area contributed by atoms with Gasteiger partial charge in [0, 0.05) is 25.6 Å². The van der Waals surface area contributed by atoms with Crippen LogP contribution in [0.1, 0.15) is 50.2 Å². The molecule has 1 fully saturated rings. The minimum absolute atomic E-state index is 0.297. The average molecular weight is 288 g/mol. The van der Waals surface area contributed by atoms with Crippen LogP contribution in [-0.4, -0.2) is 37.0 Å². The molecule has 0 saturated carbocycles. The van der Waals surface area contributed by atoms with E-state index in [0.717, 1.165) is 32.4 Å². The molecule has 1 aromatic carbocycles. The van der Waals surface area contributed by atoms with Crippen molar-refractivity contribution in [1.82, 2.24) is 10.2 Å². The number of piperidine rings is 1. The SMILES string of the molecule is CCc1ccc(C(C)CC(=O)N2CCC(NC)CC2)cc1. The molecule has 1 amide bonds. The Balaban J connectivity index is 1.86. The fourth-order valence-corrected chi connectivity index (χ4v) is 3.01. The lowest BCUT2D eigenvalue weighted by molar-refractivity contribution is -0.132. The van der Waals surface area contributed by atoms with Crippen molar-refractivity contribution < 1.29 is 4.79 Å². The molecule has 3 heteroatoms. The van der Waals surface area contributed by atoms with Crippen LogP contribution >= 0.6 is 0 Å². The third kappa shape index (κ3) is 4.31. The number of hydrogen-bond acceptors (Lipinski definition) is 2. The van der Waals surface area contributed by atoms with Crippen LogP contribution in [0.2, 0.25) is 0 Å². The second-order valence-electron chi connectivity index (χ2n) is 6.14. The maximum Gasteiger partial charge on any atom is 0.223 e. The Morgan fingerprint density at radius 1 is 1.29 bits per heavy atom. The van der Waals surface area contributed by atoms with Gasteiger partial charge < -0.3 is 10.2 Å². The number of rotatable bonds is 5. The molecule has 1 unspecified atom stereocenters. The lowest BCUT2D eigenvalue weighted by Crippen LogP contribution is -2.44. The quantitative estimate of drug-likeness (QED) is 0.903. The number of likely N-dealkylation sites (tertiary alicyclic amines) is 1. The molecule has 116 valence electrons. The number of amides is 1. The first-order valence-electron chi connectivity index (χ1n) is 8.18. The van der Waals surface area contributed by atoms with Gasteiger partial charge in [0.05, 0.1) is 0 Å².